The molecule has 0 fully saturated rings. The van der Waals surface area contributed by atoms with Crippen molar-refractivity contribution >= 4 is 0 Å². The lowest BCUT2D eigenvalue weighted by Gasteiger charge is -2.18. The Balaban J connectivity index is 1.92. The zero-order chi connectivity index (χ0) is 13.7. The molecule has 1 heterocycles. The van der Waals surface area contributed by atoms with Gasteiger partial charge in [-0.1, -0.05) is 37.3 Å². The fourth-order valence-electron chi connectivity index (χ4n) is 2.04. The van der Waals surface area contributed by atoms with Crippen LogP contribution in [-0.4, -0.2) is 11.5 Å². The van der Waals surface area contributed by atoms with Gasteiger partial charge in [-0.05, 0) is 30.0 Å². The lowest BCUT2D eigenvalue weighted by Crippen LogP contribution is -2.23. The third kappa shape index (κ3) is 3.86. The van der Waals surface area contributed by atoms with E-state index in [0.717, 1.165) is 12.1 Å². The van der Waals surface area contributed by atoms with Crippen LogP contribution in [0.25, 0.3) is 0 Å². The number of aromatic nitrogens is 1. The van der Waals surface area contributed by atoms with E-state index in [1.165, 1.54) is 17.8 Å². The maximum atomic E-state index is 13.1. The van der Waals surface area contributed by atoms with Crippen LogP contribution < -0.4 is 5.32 Å². The van der Waals surface area contributed by atoms with E-state index in [1.807, 2.05) is 25.1 Å². The summed E-state index contributed by atoms with van der Waals surface area (Å²) < 4.78 is 13.1. The second kappa shape index (κ2) is 6.43. The van der Waals surface area contributed by atoms with E-state index >= 15 is 0 Å². The Labute approximate surface area is 113 Å². The summed E-state index contributed by atoms with van der Waals surface area (Å²) in [5, 5.41) is 3.42. The molecule has 2 rings (SSSR count). The molecule has 100 valence electrons. The molecule has 2 nitrogen and oxygen atoms in total. The predicted octanol–water partition coefficient (Wildman–Crippen LogP) is 3.68. The zero-order valence-electron chi connectivity index (χ0n) is 11.3. The molecular weight excluding hydrogens is 239 g/mol. The van der Waals surface area contributed by atoms with E-state index in [0.29, 0.717) is 5.92 Å². The Morgan fingerprint density at radius 3 is 2.53 bits per heavy atom. The molecule has 0 spiro atoms. The van der Waals surface area contributed by atoms with Gasteiger partial charge in [-0.3, -0.25) is 4.98 Å². The van der Waals surface area contributed by atoms with E-state index in [4.69, 9.17) is 0 Å². The van der Waals surface area contributed by atoms with Crippen molar-refractivity contribution in [3.05, 3.63) is 65.7 Å². The van der Waals surface area contributed by atoms with E-state index in [9.17, 15) is 4.39 Å². The maximum absolute atomic E-state index is 13.1. The normalized spacial score (nSPS) is 14.1. The van der Waals surface area contributed by atoms with Gasteiger partial charge in [0.1, 0.15) is 5.82 Å². The van der Waals surface area contributed by atoms with Gasteiger partial charge < -0.3 is 5.32 Å². The highest BCUT2D eigenvalue weighted by Crippen LogP contribution is 2.16. The van der Waals surface area contributed by atoms with Gasteiger partial charge in [0, 0.05) is 18.8 Å². The second-order valence-corrected chi connectivity index (χ2v) is 4.88. The highest BCUT2D eigenvalue weighted by atomic mass is 19.1. The summed E-state index contributed by atoms with van der Waals surface area (Å²) in [7, 11) is 0. The van der Waals surface area contributed by atoms with Crippen LogP contribution in [0, 0.1) is 5.82 Å². The SMILES string of the molecule is CC(CNC(C)c1cncc(F)c1)c1ccccc1. The van der Waals surface area contributed by atoms with Crippen molar-refractivity contribution in [2.75, 3.05) is 6.54 Å². The lowest BCUT2D eigenvalue weighted by atomic mass is 10.0. The van der Waals surface area contributed by atoms with Crippen molar-refractivity contribution in [3.8, 4) is 0 Å². The van der Waals surface area contributed by atoms with Crippen molar-refractivity contribution in [2.45, 2.75) is 25.8 Å². The van der Waals surface area contributed by atoms with Gasteiger partial charge in [0.25, 0.3) is 0 Å². The monoisotopic (exact) mass is 258 g/mol. The minimum Gasteiger partial charge on any atom is -0.310 e. The minimum absolute atomic E-state index is 0.0920. The fraction of sp³-hybridized carbons (Fsp3) is 0.312. The van der Waals surface area contributed by atoms with E-state index in [-0.39, 0.29) is 11.9 Å². The molecule has 0 bridgehead atoms. The third-order valence-electron chi connectivity index (χ3n) is 3.32. The Hall–Kier alpha value is -1.74. The van der Waals surface area contributed by atoms with Crippen molar-refractivity contribution in [3.63, 3.8) is 0 Å². The molecule has 0 saturated carbocycles. The first-order chi connectivity index (χ1) is 9.16. The van der Waals surface area contributed by atoms with Crippen LogP contribution >= 0.6 is 0 Å². The van der Waals surface area contributed by atoms with Crippen LogP contribution in [-0.2, 0) is 0 Å². The minimum atomic E-state index is -0.290. The average molecular weight is 258 g/mol. The molecule has 2 unspecified atom stereocenters. The van der Waals surface area contributed by atoms with Gasteiger partial charge in [0.15, 0.2) is 0 Å². The molecule has 1 aromatic carbocycles. The molecule has 0 aliphatic heterocycles. The Kier molecular flexibility index (Phi) is 4.63. The van der Waals surface area contributed by atoms with Gasteiger partial charge in [-0.2, -0.15) is 0 Å². The number of pyridine rings is 1. The summed E-state index contributed by atoms with van der Waals surface area (Å²) in [6.45, 7) is 5.05. The van der Waals surface area contributed by atoms with E-state index in [1.54, 1.807) is 6.20 Å². The zero-order valence-corrected chi connectivity index (χ0v) is 11.3. The molecule has 0 aliphatic rings. The largest absolute Gasteiger partial charge is 0.310 e. The van der Waals surface area contributed by atoms with Crippen molar-refractivity contribution in [1.82, 2.24) is 10.3 Å². The van der Waals surface area contributed by atoms with E-state index in [2.05, 4.69) is 29.4 Å². The van der Waals surface area contributed by atoms with Crippen molar-refractivity contribution in [1.29, 1.82) is 0 Å². The number of halogens is 1. The van der Waals surface area contributed by atoms with Gasteiger partial charge in [0.2, 0.25) is 0 Å². The highest BCUT2D eigenvalue weighted by Gasteiger charge is 2.09. The Bertz CT molecular complexity index is 513. The van der Waals surface area contributed by atoms with E-state index < -0.39 is 0 Å². The topological polar surface area (TPSA) is 24.9 Å². The lowest BCUT2D eigenvalue weighted by molar-refractivity contribution is 0.530. The molecule has 1 N–H and O–H groups in total. The number of hydrogen-bond donors (Lipinski definition) is 1. The molecule has 0 saturated heterocycles. The molecule has 19 heavy (non-hydrogen) atoms. The highest BCUT2D eigenvalue weighted by molar-refractivity contribution is 5.19. The molecule has 0 aliphatic carbocycles. The summed E-state index contributed by atoms with van der Waals surface area (Å²) in [6, 6.07) is 12.0. The molecule has 2 atom stereocenters. The quantitative estimate of drug-likeness (QED) is 0.885. The summed E-state index contributed by atoms with van der Waals surface area (Å²) in [5.74, 6) is 0.132. The summed E-state index contributed by atoms with van der Waals surface area (Å²) in [6.07, 6.45) is 2.93. The first-order valence-corrected chi connectivity index (χ1v) is 6.55. The van der Waals surface area contributed by atoms with Crippen LogP contribution in [0.2, 0.25) is 0 Å². The van der Waals surface area contributed by atoms with Gasteiger partial charge in [-0.15, -0.1) is 0 Å². The molecular formula is C16H19FN2. The standard InChI is InChI=1S/C16H19FN2/c1-12(14-6-4-3-5-7-14)9-19-13(2)15-8-16(17)11-18-10-15/h3-8,10-13,19H,9H2,1-2H3. The molecule has 3 heteroatoms. The van der Waals surface area contributed by atoms with Gasteiger partial charge in [-0.25, -0.2) is 4.39 Å². The second-order valence-electron chi connectivity index (χ2n) is 4.88. The third-order valence-corrected chi connectivity index (χ3v) is 3.32. The summed E-state index contributed by atoms with van der Waals surface area (Å²) >= 11 is 0. The number of nitrogens with one attached hydrogen (secondary N) is 1. The van der Waals surface area contributed by atoms with Crippen LogP contribution in [0.5, 0.6) is 0 Å². The number of nitrogens with zero attached hydrogens (tertiary/aromatic N) is 1. The van der Waals surface area contributed by atoms with Crippen molar-refractivity contribution < 1.29 is 4.39 Å². The number of rotatable bonds is 5. The summed E-state index contributed by atoms with van der Waals surface area (Å²) in [5.41, 5.74) is 2.18. The molecule has 0 radical (unpaired) electrons. The first-order valence-electron chi connectivity index (χ1n) is 6.55. The average Bonchev–Trinajstić information content (AvgIpc) is 2.45. The van der Waals surface area contributed by atoms with Crippen LogP contribution in [0.1, 0.15) is 36.9 Å². The van der Waals surface area contributed by atoms with Crippen molar-refractivity contribution in [2.24, 2.45) is 0 Å². The van der Waals surface area contributed by atoms with Crippen LogP contribution in [0.15, 0.2) is 48.8 Å². The fourth-order valence-corrected chi connectivity index (χ4v) is 2.04. The summed E-state index contributed by atoms with van der Waals surface area (Å²) in [4.78, 5) is 3.88. The number of hydrogen-bond acceptors (Lipinski definition) is 2. The molecule has 1 aromatic heterocycles. The Morgan fingerprint density at radius 2 is 1.84 bits per heavy atom. The predicted molar refractivity (Wildman–Crippen MR) is 75.5 cm³/mol. The Morgan fingerprint density at radius 1 is 1.11 bits per heavy atom. The van der Waals surface area contributed by atoms with Gasteiger partial charge >= 0.3 is 0 Å². The van der Waals surface area contributed by atoms with Crippen LogP contribution in [0.3, 0.4) is 0 Å². The molecule has 0 amide bonds. The van der Waals surface area contributed by atoms with Crippen LogP contribution in [0.4, 0.5) is 4.39 Å². The molecule has 2 aromatic rings. The first kappa shape index (κ1) is 13.7. The smallest absolute Gasteiger partial charge is 0.141 e. The van der Waals surface area contributed by atoms with Gasteiger partial charge in [0.05, 0.1) is 6.20 Å². The maximum Gasteiger partial charge on any atom is 0.141 e. The number of benzene rings is 1.